The van der Waals surface area contributed by atoms with Crippen molar-refractivity contribution in [1.29, 1.82) is 0 Å². The average Bonchev–Trinajstić information content (AvgIpc) is 2.84. The van der Waals surface area contributed by atoms with Gasteiger partial charge in [0.25, 0.3) is 0 Å². The lowest BCUT2D eigenvalue weighted by Crippen LogP contribution is -2.17. The zero-order valence-corrected chi connectivity index (χ0v) is 12.2. The first-order chi connectivity index (χ1) is 9.84. The minimum Gasteiger partial charge on any atom is -0.455 e. The van der Waals surface area contributed by atoms with E-state index in [-0.39, 0.29) is 0 Å². The highest BCUT2D eigenvalue weighted by Crippen LogP contribution is 2.39. The van der Waals surface area contributed by atoms with Crippen LogP contribution in [0.4, 0.5) is 0 Å². The van der Waals surface area contributed by atoms with Gasteiger partial charge in [-0.1, -0.05) is 24.3 Å². The second kappa shape index (κ2) is 4.59. The predicted octanol–water partition coefficient (Wildman–Crippen LogP) is 3.66. The molecule has 0 amide bonds. The molecule has 3 heterocycles. The topological polar surface area (TPSA) is 39.9 Å². The molecule has 2 aromatic heterocycles. The Hall–Kier alpha value is -1.88. The molecule has 0 saturated heterocycles. The molecule has 0 saturated carbocycles. The van der Waals surface area contributed by atoms with Crippen LogP contribution in [-0.4, -0.2) is 14.5 Å². The van der Waals surface area contributed by atoms with Gasteiger partial charge in [0.05, 0.1) is 11.3 Å². The van der Waals surface area contributed by atoms with Gasteiger partial charge in [0, 0.05) is 12.1 Å². The molecule has 4 rings (SSSR count). The number of fused-ring (bicyclic) bond motifs is 3. The van der Waals surface area contributed by atoms with Gasteiger partial charge in [0.1, 0.15) is 10.4 Å². The van der Waals surface area contributed by atoms with Crippen LogP contribution in [0.1, 0.15) is 18.0 Å². The summed E-state index contributed by atoms with van der Waals surface area (Å²) in [5, 5.41) is 0. The van der Waals surface area contributed by atoms with Gasteiger partial charge in [-0.05, 0) is 34.5 Å². The summed E-state index contributed by atoms with van der Waals surface area (Å²) in [6.45, 7) is 0.460. The van der Waals surface area contributed by atoms with Gasteiger partial charge in [-0.15, -0.1) is 0 Å². The number of hydrogen-bond donors (Lipinski definition) is 0. The first-order valence-electron chi connectivity index (χ1n) is 6.52. The number of imidazole rings is 1. The van der Waals surface area contributed by atoms with E-state index in [1.807, 2.05) is 12.1 Å². The number of halogens is 1. The maximum atomic E-state index is 5.74. The van der Waals surface area contributed by atoms with Crippen LogP contribution in [0.2, 0.25) is 0 Å². The third-order valence-corrected chi connectivity index (χ3v) is 4.22. The summed E-state index contributed by atoms with van der Waals surface area (Å²) in [6, 6.07) is 3.90. The Labute approximate surface area is 124 Å². The van der Waals surface area contributed by atoms with Crippen molar-refractivity contribution in [2.45, 2.75) is 19.1 Å². The summed E-state index contributed by atoms with van der Waals surface area (Å²) in [7, 11) is 0. The zero-order valence-electron chi connectivity index (χ0n) is 10.7. The Kier molecular flexibility index (Phi) is 2.73. The van der Waals surface area contributed by atoms with E-state index in [9.17, 15) is 0 Å². The highest BCUT2D eigenvalue weighted by molar-refractivity contribution is 9.10. The lowest BCUT2D eigenvalue weighted by molar-refractivity contribution is 0.216. The molecule has 1 atom stereocenters. The van der Waals surface area contributed by atoms with Crippen LogP contribution in [0.15, 0.2) is 47.2 Å². The number of rotatable bonds is 1. The third kappa shape index (κ3) is 1.73. The molecule has 5 heteroatoms. The summed E-state index contributed by atoms with van der Waals surface area (Å²) in [6.07, 6.45) is 11.3. The van der Waals surface area contributed by atoms with Crippen molar-refractivity contribution in [3.8, 4) is 17.3 Å². The van der Waals surface area contributed by atoms with Crippen LogP contribution in [0.3, 0.4) is 0 Å². The third-order valence-electron chi connectivity index (χ3n) is 3.64. The van der Waals surface area contributed by atoms with Gasteiger partial charge >= 0.3 is 0 Å². The summed E-state index contributed by atoms with van der Waals surface area (Å²) in [4.78, 5) is 8.92. The van der Waals surface area contributed by atoms with Crippen molar-refractivity contribution < 1.29 is 4.74 Å². The van der Waals surface area contributed by atoms with Gasteiger partial charge < -0.3 is 4.74 Å². The van der Waals surface area contributed by atoms with E-state index in [1.54, 1.807) is 6.20 Å². The van der Waals surface area contributed by atoms with Crippen molar-refractivity contribution in [2.24, 2.45) is 0 Å². The predicted molar refractivity (Wildman–Crippen MR) is 79.4 cm³/mol. The zero-order chi connectivity index (χ0) is 13.5. The molecule has 0 spiro atoms. The molecule has 2 aliphatic rings. The van der Waals surface area contributed by atoms with Crippen LogP contribution < -0.4 is 4.74 Å². The Morgan fingerprint density at radius 3 is 3.15 bits per heavy atom. The molecular formula is C15H12BrN3O. The standard InChI is InChI=1S/C15H12BrN3O/c16-13-12(10-5-2-1-3-6-10)19-9-20-15-11(14(19)18-13)7-4-8-17-15/h1-5,7-8,10H,6,9H2. The van der Waals surface area contributed by atoms with Crippen molar-refractivity contribution in [3.63, 3.8) is 0 Å². The number of aromatic nitrogens is 3. The van der Waals surface area contributed by atoms with Gasteiger partial charge in [0.15, 0.2) is 6.73 Å². The molecule has 20 heavy (non-hydrogen) atoms. The fourth-order valence-corrected chi connectivity index (χ4v) is 3.39. The lowest BCUT2D eigenvalue weighted by Gasteiger charge is -2.22. The van der Waals surface area contributed by atoms with E-state index in [4.69, 9.17) is 4.74 Å². The molecule has 1 aliphatic carbocycles. The molecule has 0 fully saturated rings. The van der Waals surface area contributed by atoms with E-state index in [0.29, 0.717) is 18.5 Å². The molecule has 2 aromatic rings. The summed E-state index contributed by atoms with van der Waals surface area (Å²) < 4.78 is 8.76. The second-order valence-corrected chi connectivity index (χ2v) is 5.58. The van der Waals surface area contributed by atoms with Crippen LogP contribution in [0.5, 0.6) is 5.88 Å². The molecule has 0 radical (unpaired) electrons. The maximum Gasteiger partial charge on any atom is 0.226 e. The molecule has 100 valence electrons. The maximum absolute atomic E-state index is 5.74. The van der Waals surface area contributed by atoms with Crippen molar-refractivity contribution in [2.75, 3.05) is 0 Å². The Balaban J connectivity index is 1.87. The highest BCUT2D eigenvalue weighted by atomic mass is 79.9. The smallest absolute Gasteiger partial charge is 0.226 e. The van der Waals surface area contributed by atoms with Crippen LogP contribution in [0, 0.1) is 0 Å². The Morgan fingerprint density at radius 1 is 1.35 bits per heavy atom. The molecule has 1 aliphatic heterocycles. The molecule has 0 N–H and O–H groups in total. The van der Waals surface area contributed by atoms with Gasteiger partial charge in [0.2, 0.25) is 5.88 Å². The normalized spacial score (nSPS) is 19.4. The van der Waals surface area contributed by atoms with Gasteiger partial charge in [-0.3, -0.25) is 4.57 Å². The van der Waals surface area contributed by atoms with Crippen LogP contribution in [0.25, 0.3) is 11.4 Å². The SMILES string of the molecule is Brc1nc2n(c1C1C=CC=CC1)COc1ncccc1-2. The summed E-state index contributed by atoms with van der Waals surface area (Å²) >= 11 is 3.60. The summed E-state index contributed by atoms with van der Waals surface area (Å²) in [5.41, 5.74) is 2.11. The highest BCUT2D eigenvalue weighted by Gasteiger charge is 2.27. The number of pyridine rings is 1. The first-order valence-corrected chi connectivity index (χ1v) is 7.31. The number of ether oxygens (including phenoxy) is 1. The molecule has 0 aromatic carbocycles. The van der Waals surface area contributed by atoms with E-state index in [2.05, 4.69) is 54.8 Å². The second-order valence-electron chi connectivity index (χ2n) is 4.82. The number of hydrogen-bond acceptors (Lipinski definition) is 3. The van der Waals surface area contributed by atoms with Crippen molar-refractivity contribution >= 4 is 15.9 Å². The van der Waals surface area contributed by atoms with Crippen molar-refractivity contribution in [1.82, 2.24) is 14.5 Å². The number of nitrogens with zero attached hydrogens (tertiary/aromatic N) is 3. The molecule has 0 bridgehead atoms. The fraction of sp³-hybridized carbons (Fsp3) is 0.200. The minimum atomic E-state index is 0.331. The van der Waals surface area contributed by atoms with Gasteiger partial charge in [-0.2, -0.15) is 0 Å². The van der Waals surface area contributed by atoms with E-state index in [1.165, 1.54) is 0 Å². The van der Waals surface area contributed by atoms with Gasteiger partial charge in [-0.25, -0.2) is 9.97 Å². The van der Waals surface area contributed by atoms with E-state index in [0.717, 1.165) is 28.1 Å². The van der Waals surface area contributed by atoms with E-state index >= 15 is 0 Å². The van der Waals surface area contributed by atoms with Crippen LogP contribution in [-0.2, 0) is 6.73 Å². The van der Waals surface area contributed by atoms with Crippen LogP contribution >= 0.6 is 15.9 Å². The van der Waals surface area contributed by atoms with E-state index < -0.39 is 0 Å². The molecule has 4 nitrogen and oxygen atoms in total. The monoisotopic (exact) mass is 329 g/mol. The fourth-order valence-electron chi connectivity index (χ4n) is 2.71. The van der Waals surface area contributed by atoms with Crippen molar-refractivity contribution in [3.05, 3.63) is 52.9 Å². The average molecular weight is 330 g/mol. The molecular weight excluding hydrogens is 318 g/mol. The largest absolute Gasteiger partial charge is 0.455 e. The Bertz CT molecular complexity index is 733. The number of allylic oxidation sites excluding steroid dienone is 4. The Morgan fingerprint density at radius 2 is 2.30 bits per heavy atom. The molecule has 1 unspecified atom stereocenters. The lowest BCUT2D eigenvalue weighted by atomic mass is 9.97. The minimum absolute atomic E-state index is 0.331. The quantitative estimate of drug-likeness (QED) is 0.801. The first kappa shape index (κ1) is 11.9. The summed E-state index contributed by atoms with van der Waals surface area (Å²) in [5.74, 6) is 1.91.